The van der Waals surface area contributed by atoms with Crippen LogP contribution in [0.15, 0.2) is 24.3 Å². The number of rotatable bonds is 1. The van der Waals surface area contributed by atoms with Crippen molar-refractivity contribution in [2.45, 2.75) is 50.3 Å². The maximum absolute atomic E-state index is 12.6. The van der Waals surface area contributed by atoms with Gasteiger partial charge in [0.15, 0.2) is 5.78 Å². The lowest BCUT2D eigenvalue weighted by Gasteiger charge is -2.22. The zero-order chi connectivity index (χ0) is 19.7. The zero-order valence-corrected chi connectivity index (χ0v) is 15.0. The first-order valence-corrected chi connectivity index (χ1v) is 8.65. The van der Waals surface area contributed by atoms with Crippen LogP contribution in [0.25, 0.3) is 0 Å². The summed E-state index contributed by atoms with van der Waals surface area (Å²) in [7, 11) is 1.37. The third kappa shape index (κ3) is 4.13. The van der Waals surface area contributed by atoms with E-state index in [-0.39, 0.29) is 29.1 Å². The van der Waals surface area contributed by atoms with Crippen LogP contribution in [0.3, 0.4) is 0 Å². The third-order valence-electron chi connectivity index (χ3n) is 4.64. The molecule has 2 aliphatic heterocycles. The molecule has 1 fully saturated rings. The summed E-state index contributed by atoms with van der Waals surface area (Å²) in [6, 6.07) is 2.59. The maximum atomic E-state index is 12.6. The summed E-state index contributed by atoms with van der Waals surface area (Å²) in [4.78, 5) is 24.6. The minimum Gasteiger partial charge on any atom is -0.507 e. The summed E-state index contributed by atoms with van der Waals surface area (Å²) in [6.07, 6.45) is -1.33. The summed E-state index contributed by atoms with van der Waals surface area (Å²) in [6.45, 7) is 1.64. The molecule has 0 bridgehead atoms. The predicted molar refractivity (Wildman–Crippen MR) is 92.5 cm³/mol. The Kier molecular flexibility index (Phi) is 5.50. The van der Waals surface area contributed by atoms with Crippen molar-refractivity contribution in [2.75, 3.05) is 7.11 Å². The first-order valence-electron chi connectivity index (χ1n) is 8.65. The van der Waals surface area contributed by atoms with Gasteiger partial charge in [-0.25, -0.2) is 4.79 Å². The number of aliphatic hydroxyl groups excluding tert-OH is 2. The van der Waals surface area contributed by atoms with Gasteiger partial charge in [0.2, 0.25) is 0 Å². The Balaban J connectivity index is 2.00. The van der Waals surface area contributed by atoms with Crippen LogP contribution in [0.5, 0.6) is 11.5 Å². The molecule has 0 spiro atoms. The van der Waals surface area contributed by atoms with E-state index >= 15 is 0 Å². The molecule has 8 heteroatoms. The largest absolute Gasteiger partial charge is 0.507 e. The number of methoxy groups -OCH3 is 1. The topological polar surface area (TPSA) is 126 Å². The number of phenols is 1. The van der Waals surface area contributed by atoms with Crippen LogP contribution >= 0.6 is 0 Å². The number of aromatic hydroxyl groups is 1. The number of carbonyl (C=O) groups excluding carboxylic acids is 2. The number of aliphatic hydroxyl groups is 2. The molecule has 1 aromatic carbocycles. The fraction of sp³-hybridized carbons (Fsp3) is 0.474. The van der Waals surface area contributed by atoms with Crippen molar-refractivity contribution in [3.63, 3.8) is 0 Å². The van der Waals surface area contributed by atoms with Gasteiger partial charge in [-0.3, -0.25) is 4.79 Å². The SMILES string of the molecule is COc1cc(O)c2c(c1)[C@H](O)C(O)CC1OC1C(=O)/C=C\CC(C)OC2=O. The van der Waals surface area contributed by atoms with Gasteiger partial charge in [-0.05, 0) is 19.1 Å². The van der Waals surface area contributed by atoms with E-state index in [4.69, 9.17) is 14.2 Å². The molecule has 0 radical (unpaired) electrons. The van der Waals surface area contributed by atoms with E-state index in [0.717, 1.165) is 0 Å². The lowest BCUT2D eigenvalue weighted by atomic mass is 9.94. The molecule has 4 unspecified atom stereocenters. The van der Waals surface area contributed by atoms with E-state index in [1.165, 1.54) is 25.3 Å². The lowest BCUT2D eigenvalue weighted by Crippen LogP contribution is -2.25. The van der Waals surface area contributed by atoms with Crippen molar-refractivity contribution >= 4 is 11.8 Å². The van der Waals surface area contributed by atoms with Crippen LogP contribution < -0.4 is 4.74 Å². The number of hydrogen-bond donors (Lipinski definition) is 3. The highest BCUT2D eigenvalue weighted by atomic mass is 16.6. The maximum Gasteiger partial charge on any atom is 0.342 e. The number of ketones is 1. The minimum absolute atomic E-state index is 0.00568. The van der Waals surface area contributed by atoms with Gasteiger partial charge in [0.25, 0.3) is 0 Å². The Labute approximate surface area is 156 Å². The van der Waals surface area contributed by atoms with Crippen molar-refractivity contribution in [1.29, 1.82) is 0 Å². The highest BCUT2D eigenvalue weighted by Gasteiger charge is 2.45. The molecule has 0 saturated carbocycles. The van der Waals surface area contributed by atoms with Gasteiger partial charge in [-0.2, -0.15) is 0 Å². The molecule has 8 nitrogen and oxygen atoms in total. The third-order valence-corrected chi connectivity index (χ3v) is 4.64. The molecule has 27 heavy (non-hydrogen) atoms. The fourth-order valence-electron chi connectivity index (χ4n) is 3.10. The van der Waals surface area contributed by atoms with Crippen LogP contribution in [0.4, 0.5) is 0 Å². The molecule has 146 valence electrons. The van der Waals surface area contributed by atoms with E-state index < -0.39 is 42.2 Å². The van der Waals surface area contributed by atoms with Gasteiger partial charge >= 0.3 is 5.97 Å². The Morgan fingerprint density at radius 2 is 1.96 bits per heavy atom. The summed E-state index contributed by atoms with van der Waals surface area (Å²) < 4.78 is 15.7. The first kappa shape index (κ1) is 19.3. The quantitative estimate of drug-likeness (QED) is 0.489. The van der Waals surface area contributed by atoms with Crippen molar-refractivity contribution in [1.82, 2.24) is 0 Å². The number of cyclic esters (lactones) is 1. The summed E-state index contributed by atoms with van der Waals surface area (Å²) in [5, 5.41) is 31.2. The van der Waals surface area contributed by atoms with Crippen LogP contribution in [-0.4, -0.2) is 58.6 Å². The summed E-state index contributed by atoms with van der Waals surface area (Å²) in [5.74, 6) is -1.30. The normalized spacial score (nSPS) is 32.5. The number of phenolic OH excluding ortho intramolecular Hbond substituents is 1. The molecule has 0 amide bonds. The Morgan fingerprint density at radius 3 is 2.67 bits per heavy atom. The summed E-state index contributed by atoms with van der Waals surface area (Å²) >= 11 is 0. The Morgan fingerprint density at radius 1 is 1.22 bits per heavy atom. The molecule has 2 aliphatic rings. The monoisotopic (exact) mass is 378 g/mol. The molecule has 1 saturated heterocycles. The molecule has 0 aliphatic carbocycles. The van der Waals surface area contributed by atoms with Gasteiger partial charge in [0.1, 0.15) is 35.4 Å². The number of esters is 1. The van der Waals surface area contributed by atoms with E-state index in [9.17, 15) is 24.9 Å². The second-order valence-corrected chi connectivity index (χ2v) is 6.71. The van der Waals surface area contributed by atoms with E-state index in [0.29, 0.717) is 6.42 Å². The summed E-state index contributed by atoms with van der Waals surface area (Å²) in [5.41, 5.74) is -0.257. The highest BCUT2D eigenvalue weighted by Crippen LogP contribution is 2.37. The van der Waals surface area contributed by atoms with E-state index in [2.05, 4.69) is 0 Å². The molecular weight excluding hydrogens is 356 g/mol. The number of hydrogen-bond acceptors (Lipinski definition) is 8. The van der Waals surface area contributed by atoms with Crippen molar-refractivity contribution in [3.05, 3.63) is 35.4 Å². The number of ether oxygens (including phenoxy) is 3. The Bertz CT molecular complexity index is 771. The van der Waals surface area contributed by atoms with Crippen LogP contribution in [0, 0.1) is 0 Å². The Hall–Kier alpha value is -2.42. The van der Waals surface area contributed by atoms with Crippen molar-refractivity contribution in [3.8, 4) is 11.5 Å². The second-order valence-electron chi connectivity index (χ2n) is 6.71. The standard InChI is InChI=1S/C19H22O8/c1-9-4-3-5-12(20)18-15(27-18)8-14(22)17(23)11-6-10(25-2)7-13(21)16(11)19(24)26-9/h3,5-7,9,14-15,17-18,21-23H,4,8H2,1-2H3/b5-3-/t9?,14?,15?,17-,18?/m0/s1. The molecule has 0 aromatic heterocycles. The van der Waals surface area contributed by atoms with Gasteiger partial charge in [-0.15, -0.1) is 0 Å². The molecular formula is C19H22O8. The predicted octanol–water partition coefficient (Wildman–Crippen LogP) is 1.03. The average molecular weight is 378 g/mol. The first-order chi connectivity index (χ1) is 12.8. The minimum atomic E-state index is -1.51. The number of benzene rings is 1. The average Bonchev–Trinajstić information content (AvgIpc) is 3.38. The number of fused-ring (bicyclic) bond motifs is 2. The van der Waals surface area contributed by atoms with Gasteiger partial charge in [-0.1, -0.05) is 6.08 Å². The molecule has 5 atom stereocenters. The number of carbonyl (C=O) groups is 2. The van der Waals surface area contributed by atoms with Gasteiger partial charge in [0.05, 0.1) is 19.3 Å². The molecule has 3 N–H and O–H groups in total. The highest BCUT2D eigenvalue weighted by molar-refractivity contribution is 5.96. The molecule has 2 heterocycles. The van der Waals surface area contributed by atoms with Crippen LogP contribution in [0.1, 0.15) is 41.8 Å². The molecule has 1 aromatic rings. The van der Waals surface area contributed by atoms with Crippen molar-refractivity contribution in [2.24, 2.45) is 0 Å². The van der Waals surface area contributed by atoms with Gasteiger partial charge < -0.3 is 29.5 Å². The van der Waals surface area contributed by atoms with Crippen LogP contribution in [0.2, 0.25) is 0 Å². The van der Waals surface area contributed by atoms with Crippen molar-refractivity contribution < 1.29 is 39.1 Å². The van der Waals surface area contributed by atoms with E-state index in [1.807, 2.05) is 0 Å². The van der Waals surface area contributed by atoms with Crippen LogP contribution in [-0.2, 0) is 14.3 Å². The lowest BCUT2D eigenvalue weighted by molar-refractivity contribution is -0.115. The number of epoxide rings is 1. The fourth-order valence-corrected chi connectivity index (χ4v) is 3.10. The zero-order valence-electron chi connectivity index (χ0n) is 15.0. The molecule has 3 rings (SSSR count). The van der Waals surface area contributed by atoms with Gasteiger partial charge in [0, 0.05) is 24.5 Å². The second kappa shape index (κ2) is 7.67. The smallest absolute Gasteiger partial charge is 0.342 e. The van der Waals surface area contributed by atoms with E-state index in [1.54, 1.807) is 13.0 Å².